The highest BCUT2D eigenvalue weighted by molar-refractivity contribution is 5.99. The number of carbonyl (C=O) groups is 3. The van der Waals surface area contributed by atoms with E-state index in [4.69, 9.17) is 21.7 Å². The summed E-state index contributed by atoms with van der Waals surface area (Å²) in [7, 11) is 0. The van der Waals surface area contributed by atoms with Crippen LogP contribution in [0.15, 0.2) is 11.8 Å². The molecule has 0 fully saturated rings. The van der Waals surface area contributed by atoms with Gasteiger partial charge in [0.2, 0.25) is 0 Å². The maximum Gasteiger partial charge on any atom is 0.351 e. The van der Waals surface area contributed by atoms with Crippen LogP contribution in [0.4, 0.5) is 0 Å². The molecule has 0 heterocycles. The van der Waals surface area contributed by atoms with Crippen molar-refractivity contribution in [2.75, 3.05) is 0 Å². The molecule has 6 N–H and O–H groups in total. The first-order valence-corrected chi connectivity index (χ1v) is 3.56. The quantitative estimate of drug-likeness (QED) is 0.388. The predicted molar refractivity (Wildman–Crippen MR) is 45.1 cm³/mol. The lowest BCUT2D eigenvalue weighted by Crippen LogP contribution is -2.32. The van der Waals surface area contributed by atoms with E-state index in [0.717, 1.165) is 0 Å². The summed E-state index contributed by atoms with van der Waals surface area (Å²) in [6, 6.07) is -1.35. The molecule has 0 bridgehead atoms. The molecule has 0 saturated carbocycles. The molecule has 0 aromatic rings. The maximum atomic E-state index is 10.9. The number of carbonyl (C=O) groups excluding carboxylic acids is 1. The van der Waals surface area contributed by atoms with Crippen molar-refractivity contribution in [1.29, 1.82) is 0 Å². The number of ketones is 1. The Morgan fingerprint density at radius 3 is 2.14 bits per heavy atom. The van der Waals surface area contributed by atoms with Gasteiger partial charge in [-0.3, -0.25) is 9.59 Å². The molecule has 0 aliphatic rings. The van der Waals surface area contributed by atoms with Crippen LogP contribution in [0, 0.1) is 0 Å². The first-order valence-electron chi connectivity index (χ1n) is 3.56. The molecule has 0 aromatic carbocycles. The zero-order valence-corrected chi connectivity index (χ0v) is 7.14. The van der Waals surface area contributed by atoms with Gasteiger partial charge < -0.3 is 21.7 Å². The molecule has 7 nitrogen and oxygen atoms in total. The average Bonchev–Trinajstić information content (AvgIpc) is 2.03. The molecule has 0 rings (SSSR count). The van der Waals surface area contributed by atoms with Crippen LogP contribution in [0.2, 0.25) is 0 Å². The lowest BCUT2D eigenvalue weighted by atomic mass is 10.1. The van der Waals surface area contributed by atoms with Crippen molar-refractivity contribution in [3.63, 3.8) is 0 Å². The number of carboxylic acids is 2. The van der Waals surface area contributed by atoms with Gasteiger partial charge in [0.1, 0.15) is 11.7 Å². The molecule has 0 aliphatic carbocycles. The minimum absolute atomic E-state index is 0.483. The third-order valence-electron chi connectivity index (χ3n) is 1.30. The van der Waals surface area contributed by atoms with E-state index in [9.17, 15) is 14.4 Å². The van der Waals surface area contributed by atoms with E-state index >= 15 is 0 Å². The Balaban J connectivity index is 4.31. The van der Waals surface area contributed by atoms with E-state index in [2.05, 4.69) is 0 Å². The second-order valence-corrected chi connectivity index (χ2v) is 2.52. The van der Waals surface area contributed by atoms with E-state index in [0.29, 0.717) is 6.08 Å². The fraction of sp³-hybridized carbons (Fsp3) is 0.286. The van der Waals surface area contributed by atoms with Gasteiger partial charge in [0.25, 0.3) is 0 Å². The van der Waals surface area contributed by atoms with Crippen molar-refractivity contribution in [3.05, 3.63) is 11.8 Å². The molecule has 0 aromatic heterocycles. The predicted octanol–water partition coefficient (Wildman–Crippen LogP) is -1.72. The van der Waals surface area contributed by atoms with Gasteiger partial charge in [-0.2, -0.15) is 0 Å². The Kier molecular flexibility index (Phi) is 4.30. The minimum Gasteiger partial charge on any atom is -0.480 e. The molecule has 7 heteroatoms. The fourth-order valence-corrected chi connectivity index (χ4v) is 0.598. The van der Waals surface area contributed by atoms with Crippen LogP contribution in [0.1, 0.15) is 6.42 Å². The number of rotatable bonds is 5. The minimum atomic E-state index is -1.44. The molecule has 14 heavy (non-hydrogen) atoms. The summed E-state index contributed by atoms with van der Waals surface area (Å²) in [5, 5.41) is 16.6. The Labute approximate surface area is 79.0 Å². The van der Waals surface area contributed by atoms with Crippen LogP contribution in [-0.2, 0) is 14.4 Å². The highest BCUT2D eigenvalue weighted by Crippen LogP contribution is 1.94. The van der Waals surface area contributed by atoms with Gasteiger partial charge in [-0.25, -0.2) is 4.79 Å². The van der Waals surface area contributed by atoms with Crippen LogP contribution in [-0.4, -0.2) is 34.0 Å². The van der Waals surface area contributed by atoms with Crippen molar-refractivity contribution in [2.45, 2.75) is 12.5 Å². The Morgan fingerprint density at radius 2 is 1.79 bits per heavy atom. The van der Waals surface area contributed by atoms with Crippen LogP contribution in [0.5, 0.6) is 0 Å². The molecule has 0 amide bonds. The standard InChI is InChI=1S/C7H10N2O5/c8-4(6(11)12)1-3(10)2-5(9)7(13)14/h1,5H,2,8-9H2,(H,11,12)(H,13,14)/b4-1-/t5-/m0/s1. The molecular formula is C7H10N2O5. The molecule has 78 valence electrons. The SMILES string of the molecule is N/C(=C\C(=O)C[C@H](N)C(=O)O)C(=O)O. The van der Waals surface area contributed by atoms with E-state index in [-0.39, 0.29) is 0 Å². The molecule has 0 saturated heterocycles. The third-order valence-corrected chi connectivity index (χ3v) is 1.30. The van der Waals surface area contributed by atoms with E-state index in [1.165, 1.54) is 0 Å². The summed E-state index contributed by atoms with van der Waals surface area (Å²) in [5.41, 5.74) is 9.31. The first-order chi connectivity index (χ1) is 6.34. The maximum absolute atomic E-state index is 10.9. The van der Waals surface area contributed by atoms with Gasteiger partial charge in [0.05, 0.1) is 0 Å². The number of allylic oxidation sites excluding steroid dienone is 1. The van der Waals surface area contributed by atoms with Crippen LogP contribution in [0.25, 0.3) is 0 Å². The summed E-state index contributed by atoms with van der Waals surface area (Å²) < 4.78 is 0. The molecule has 0 spiro atoms. The van der Waals surface area contributed by atoms with Crippen LogP contribution in [0.3, 0.4) is 0 Å². The van der Waals surface area contributed by atoms with E-state index < -0.39 is 35.9 Å². The van der Waals surface area contributed by atoms with Gasteiger partial charge >= 0.3 is 11.9 Å². The van der Waals surface area contributed by atoms with Gasteiger partial charge in [0, 0.05) is 12.5 Å². The molecule has 1 atom stereocenters. The largest absolute Gasteiger partial charge is 0.480 e. The van der Waals surface area contributed by atoms with Crippen LogP contribution >= 0.6 is 0 Å². The number of hydrogen-bond acceptors (Lipinski definition) is 5. The van der Waals surface area contributed by atoms with Gasteiger partial charge in [-0.1, -0.05) is 0 Å². The zero-order chi connectivity index (χ0) is 11.3. The lowest BCUT2D eigenvalue weighted by Gasteiger charge is -2.02. The monoisotopic (exact) mass is 202 g/mol. The second kappa shape index (κ2) is 4.97. The lowest BCUT2D eigenvalue weighted by molar-refractivity contribution is -0.139. The van der Waals surface area contributed by atoms with Crippen molar-refractivity contribution < 1.29 is 24.6 Å². The van der Waals surface area contributed by atoms with E-state index in [1.54, 1.807) is 0 Å². The summed E-state index contributed by atoms with van der Waals surface area (Å²) in [6.07, 6.45) is 0.161. The first kappa shape index (κ1) is 12.1. The van der Waals surface area contributed by atoms with Gasteiger partial charge in [0.15, 0.2) is 5.78 Å². The summed E-state index contributed by atoms with van der Waals surface area (Å²) in [4.78, 5) is 31.3. The van der Waals surface area contributed by atoms with Gasteiger partial charge in [-0.15, -0.1) is 0 Å². The number of aliphatic carboxylic acids is 2. The Hall–Kier alpha value is -1.89. The normalized spacial score (nSPS) is 13.4. The van der Waals surface area contributed by atoms with Crippen LogP contribution < -0.4 is 11.5 Å². The topological polar surface area (TPSA) is 144 Å². The zero-order valence-electron chi connectivity index (χ0n) is 7.14. The molecular weight excluding hydrogens is 192 g/mol. The summed E-state index contributed by atoms with van der Waals surface area (Å²) in [6.45, 7) is 0. The Bertz CT molecular complexity index is 296. The van der Waals surface area contributed by atoms with Crippen molar-refractivity contribution in [1.82, 2.24) is 0 Å². The van der Waals surface area contributed by atoms with Crippen molar-refractivity contribution >= 4 is 17.7 Å². The van der Waals surface area contributed by atoms with Crippen molar-refractivity contribution in [2.24, 2.45) is 11.5 Å². The molecule has 0 unspecified atom stereocenters. The fourth-order valence-electron chi connectivity index (χ4n) is 0.598. The van der Waals surface area contributed by atoms with Gasteiger partial charge in [-0.05, 0) is 0 Å². The van der Waals surface area contributed by atoms with E-state index in [1.807, 2.05) is 0 Å². The summed E-state index contributed by atoms with van der Waals surface area (Å²) in [5.74, 6) is -3.51. The Morgan fingerprint density at radius 1 is 1.29 bits per heavy atom. The number of hydrogen-bond donors (Lipinski definition) is 4. The second-order valence-electron chi connectivity index (χ2n) is 2.52. The molecule has 0 radical (unpaired) electrons. The highest BCUT2D eigenvalue weighted by atomic mass is 16.4. The third kappa shape index (κ3) is 4.21. The number of nitrogens with two attached hydrogens (primary N) is 2. The smallest absolute Gasteiger partial charge is 0.351 e. The molecule has 0 aliphatic heterocycles. The highest BCUT2D eigenvalue weighted by Gasteiger charge is 2.15. The average molecular weight is 202 g/mol. The summed E-state index contributed by atoms with van der Waals surface area (Å²) >= 11 is 0. The van der Waals surface area contributed by atoms with Crippen molar-refractivity contribution in [3.8, 4) is 0 Å². The number of carboxylic acid groups (broad SMARTS) is 2.